The summed E-state index contributed by atoms with van der Waals surface area (Å²) in [5, 5.41) is 3.23. The molecule has 29 heavy (non-hydrogen) atoms. The molecule has 1 saturated carbocycles. The molecular formula is C24H30N2O3. The van der Waals surface area contributed by atoms with E-state index in [9.17, 15) is 9.59 Å². The molecule has 2 heterocycles. The van der Waals surface area contributed by atoms with Gasteiger partial charge in [0.05, 0.1) is 6.26 Å². The molecule has 1 unspecified atom stereocenters. The number of rotatable bonds is 5. The molecule has 154 valence electrons. The molecule has 1 N–H and O–H groups in total. The lowest BCUT2D eigenvalue weighted by molar-refractivity contribution is -0.125. The largest absolute Gasteiger partial charge is 0.459 e. The maximum Gasteiger partial charge on any atom is 0.290 e. The molecule has 5 nitrogen and oxygen atoms in total. The van der Waals surface area contributed by atoms with Crippen LogP contribution in [0, 0.1) is 6.92 Å². The number of aryl methyl sites for hydroxylation is 1. The van der Waals surface area contributed by atoms with Gasteiger partial charge in [0.1, 0.15) is 6.04 Å². The van der Waals surface area contributed by atoms with E-state index in [2.05, 4.69) is 36.5 Å². The van der Waals surface area contributed by atoms with Gasteiger partial charge in [-0.05, 0) is 55.9 Å². The molecule has 2 aromatic rings. The van der Waals surface area contributed by atoms with Crippen molar-refractivity contribution in [2.24, 2.45) is 0 Å². The maximum absolute atomic E-state index is 13.1. The minimum atomic E-state index is -0.412. The Morgan fingerprint density at radius 2 is 1.90 bits per heavy atom. The first kappa shape index (κ1) is 19.7. The Labute approximate surface area is 172 Å². The van der Waals surface area contributed by atoms with Crippen LogP contribution in [0.25, 0.3) is 0 Å². The number of nitrogens with zero attached hydrogens (tertiary/aromatic N) is 1. The van der Waals surface area contributed by atoms with Crippen LogP contribution in [0.15, 0.2) is 47.1 Å². The minimum absolute atomic E-state index is 0.00624. The fraction of sp³-hybridized carbons (Fsp3) is 0.500. The minimum Gasteiger partial charge on any atom is -0.459 e. The lowest BCUT2D eigenvalue weighted by atomic mass is 9.68. The summed E-state index contributed by atoms with van der Waals surface area (Å²) >= 11 is 0. The highest BCUT2D eigenvalue weighted by Gasteiger charge is 2.39. The van der Waals surface area contributed by atoms with Crippen molar-refractivity contribution in [1.29, 1.82) is 0 Å². The van der Waals surface area contributed by atoms with Gasteiger partial charge in [-0.25, -0.2) is 0 Å². The van der Waals surface area contributed by atoms with Gasteiger partial charge in [-0.2, -0.15) is 0 Å². The van der Waals surface area contributed by atoms with Crippen LogP contribution in [0.2, 0.25) is 0 Å². The molecule has 2 aliphatic rings. The number of hydrogen-bond donors (Lipinski definition) is 1. The Bertz CT molecular complexity index is 853. The molecule has 0 spiro atoms. The molecule has 2 fully saturated rings. The summed E-state index contributed by atoms with van der Waals surface area (Å²) in [7, 11) is 0. The lowest BCUT2D eigenvalue weighted by Gasteiger charge is -2.39. The second-order valence-corrected chi connectivity index (χ2v) is 8.51. The molecular weight excluding hydrogens is 364 g/mol. The highest BCUT2D eigenvalue weighted by Crippen LogP contribution is 2.40. The van der Waals surface area contributed by atoms with Crippen molar-refractivity contribution in [2.75, 3.05) is 13.1 Å². The number of carbonyl (C=O) groups is 2. The summed E-state index contributed by atoms with van der Waals surface area (Å²) < 4.78 is 5.26. The van der Waals surface area contributed by atoms with Crippen molar-refractivity contribution in [3.63, 3.8) is 0 Å². The quantitative estimate of drug-likeness (QED) is 0.826. The van der Waals surface area contributed by atoms with Crippen LogP contribution < -0.4 is 5.32 Å². The van der Waals surface area contributed by atoms with Gasteiger partial charge in [-0.3, -0.25) is 9.59 Å². The zero-order chi connectivity index (χ0) is 20.3. The van der Waals surface area contributed by atoms with Gasteiger partial charge in [0.15, 0.2) is 5.76 Å². The summed E-state index contributed by atoms with van der Waals surface area (Å²) in [5.74, 6) is 0.0632. The van der Waals surface area contributed by atoms with Gasteiger partial charge in [0.2, 0.25) is 5.91 Å². The predicted molar refractivity (Wildman–Crippen MR) is 112 cm³/mol. The molecule has 4 rings (SSSR count). The second-order valence-electron chi connectivity index (χ2n) is 8.51. The van der Waals surface area contributed by atoms with Crippen LogP contribution in [0.4, 0.5) is 0 Å². The van der Waals surface area contributed by atoms with Gasteiger partial charge < -0.3 is 14.6 Å². The third-order valence-corrected chi connectivity index (χ3v) is 6.68. The average Bonchev–Trinajstić information content (AvgIpc) is 3.45. The number of hydrogen-bond acceptors (Lipinski definition) is 3. The van der Waals surface area contributed by atoms with Crippen LogP contribution in [0.1, 0.15) is 66.6 Å². The van der Waals surface area contributed by atoms with E-state index < -0.39 is 6.04 Å². The number of carbonyl (C=O) groups excluding carboxylic acids is 2. The average molecular weight is 395 g/mol. The van der Waals surface area contributed by atoms with Crippen molar-refractivity contribution in [3.05, 3.63) is 59.5 Å². The van der Waals surface area contributed by atoms with Gasteiger partial charge >= 0.3 is 0 Å². The van der Waals surface area contributed by atoms with Gasteiger partial charge in [0.25, 0.3) is 5.91 Å². The summed E-state index contributed by atoms with van der Waals surface area (Å²) in [5.41, 5.74) is 2.64. The van der Waals surface area contributed by atoms with Gasteiger partial charge in [0, 0.05) is 18.5 Å². The van der Waals surface area contributed by atoms with Crippen LogP contribution in [0.5, 0.6) is 0 Å². The molecule has 1 saturated heterocycles. The molecule has 0 bridgehead atoms. The SMILES string of the molecule is Cc1ccccc1C1(CNC(=O)C2CCCN2C(=O)c2ccco2)CCCCC1. The Hall–Kier alpha value is -2.56. The highest BCUT2D eigenvalue weighted by atomic mass is 16.3. The maximum atomic E-state index is 13.1. The number of nitrogens with one attached hydrogen (secondary N) is 1. The van der Waals surface area contributed by atoms with E-state index in [-0.39, 0.29) is 17.2 Å². The molecule has 1 aliphatic heterocycles. The first-order chi connectivity index (χ1) is 14.1. The Kier molecular flexibility index (Phi) is 5.74. The first-order valence-electron chi connectivity index (χ1n) is 10.8. The summed E-state index contributed by atoms with van der Waals surface area (Å²) in [6.07, 6.45) is 8.87. The summed E-state index contributed by atoms with van der Waals surface area (Å²) in [6.45, 7) is 3.39. The van der Waals surface area contributed by atoms with Crippen molar-refractivity contribution in [1.82, 2.24) is 10.2 Å². The Balaban J connectivity index is 1.48. The van der Waals surface area contributed by atoms with Gasteiger partial charge in [-0.15, -0.1) is 0 Å². The molecule has 1 aromatic carbocycles. The van der Waals surface area contributed by atoms with Crippen molar-refractivity contribution < 1.29 is 14.0 Å². The lowest BCUT2D eigenvalue weighted by Crippen LogP contribution is -2.50. The molecule has 1 aliphatic carbocycles. The van der Waals surface area contributed by atoms with Gasteiger partial charge in [-0.1, -0.05) is 43.5 Å². The van der Waals surface area contributed by atoms with E-state index in [0.29, 0.717) is 25.3 Å². The smallest absolute Gasteiger partial charge is 0.290 e. The third-order valence-electron chi connectivity index (χ3n) is 6.68. The van der Waals surface area contributed by atoms with E-state index in [4.69, 9.17) is 4.42 Å². The van der Waals surface area contributed by atoms with E-state index in [0.717, 1.165) is 19.3 Å². The number of benzene rings is 1. The Morgan fingerprint density at radius 1 is 1.10 bits per heavy atom. The van der Waals surface area contributed by atoms with Crippen LogP contribution in [-0.2, 0) is 10.2 Å². The molecule has 1 atom stereocenters. The molecule has 1 aromatic heterocycles. The Morgan fingerprint density at radius 3 is 2.62 bits per heavy atom. The standard InChI is InChI=1S/C24H30N2O3/c1-18-9-3-4-10-19(18)24(13-5-2-6-14-24)17-25-22(27)20-11-7-15-26(20)23(28)21-12-8-16-29-21/h3-4,8-10,12,16,20H,2,5-7,11,13-15,17H2,1H3,(H,25,27). The number of amides is 2. The molecule has 2 amide bonds. The zero-order valence-corrected chi connectivity index (χ0v) is 17.2. The monoisotopic (exact) mass is 394 g/mol. The number of furan rings is 1. The molecule has 0 radical (unpaired) electrons. The normalized spacial score (nSPS) is 21.1. The third kappa shape index (κ3) is 3.96. The summed E-state index contributed by atoms with van der Waals surface area (Å²) in [4.78, 5) is 27.5. The number of likely N-dealkylation sites (tertiary alicyclic amines) is 1. The topological polar surface area (TPSA) is 62.6 Å². The van der Waals surface area contributed by atoms with Crippen LogP contribution >= 0.6 is 0 Å². The van der Waals surface area contributed by atoms with E-state index in [1.165, 1.54) is 36.7 Å². The van der Waals surface area contributed by atoms with Crippen molar-refractivity contribution in [2.45, 2.75) is 63.3 Å². The van der Waals surface area contributed by atoms with E-state index in [1.807, 2.05) is 0 Å². The van der Waals surface area contributed by atoms with Crippen molar-refractivity contribution >= 4 is 11.8 Å². The first-order valence-corrected chi connectivity index (χ1v) is 10.8. The second kappa shape index (κ2) is 8.44. The fourth-order valence-corrected chi connectivity index (χ4v) is 5.14. The molecule has 5 heteroatoms. The van der Waals surface area contributed by atoms with E-state index in [1.54, 1.807) is 17.0 Å². The zero-order valence-electron chi connectivity index (χ0n) is 17.2. The van der Waals surface area contributed by atoms with Crippen molar-refractivity contribution in [3.8, 4) is 0 Å². The van der Waals surface area contributed by atoms with Crippen LogP contribution in [0.3, 0.4) is 0 Å². The predicted octanol–water partition coefficient (Wildman–Crippen LogP) is 4.21. The van der Waals surface area contributed by atoms with E-state index >= 15 is 0 Å². The summed E-state index contributed by atoms with van der Waals surface area (Å²) in [6, 6.07) is 11.5. The fourth-order valence-electron chi connectivity index (χ4n) is 5.14. The highest BCUT2D eigenvalue weighted by molar-refractivity contribution is 5.96. The van der Waals surface area contributed by atoms with Crippen LogP contribution in [-0.4, -0.2) is 35.8 Å².